The highest BCUT2D eigenvalue weighted by Gasteiger charge is 2.38. The topological polar surface area (TPSA) is 177 Å². The van der Waals surface area contributed by atoms with Crippen LogP contribution in [0.5, 0.6) is 5.75 Å². The van der Waals surface area contributed by atoms with Crippen LogP contribution in [0, 0.1) is 6.92 Å². The summed E-state index contributed by atoms with van der Waals surface area (Å²) in [5.41, 5.74) is 5.36. The largest absolute Gasteiger partial charge is 0.508 e. The van der Waals surface area contributed by atoms with Gasteiger partial charge in [0.1, 0.15) is 35.1 Å². The first-order valence-corrected chi connectivity index (χ1v) is 17.8. The van der Waals surface area contributed by atoms with E-state index in [0.717, 1.165) is 31.2 Å². The van der Waals surface area contributed by atoms with Crippen molar-refractivity contribution in [1.82, 2.24) is 15.5 Å². The summed E-state index contributed by atoms with van der Waals surface area (Å²) >= 11 is 0. The van der Waals surface area contributed by atoms with Gasteiger partial charge in [-0.1, -0.05) is 69.0 Å². The lowest BCUT2D eigenvalue weighted by Gasteiger charge is -2.35. The van der Waals surface area contributed by atoms with Crippen molar-refractivity contribution in [3.05, 3.63) is 65.2 Å². The lowest BCUT2D eigenvalue weighted by molar-refractivity contribution is -0.159. The molecule has 0 saturated carbocycles. The Morgan fingerprint density at radius 3 is 2.04 bits per heavy atom. The molecular weight excluding hydrogens is 652 g/mol. The van der Waals surface area contributed by atoms with Crippen LogP contribution >= 0.6 is 0 Å². The Morgan fingerprint density at radius 2 is 1.47 bits per heavy atom. The lowest BCUT2D eigenvalue weighted by atomic mass is 9.98. The number of unbranched alkanes of at least 4 members (excludes halogenated alkanes) is 4. The van der Waals surface area contributed by atoms with Gasteiger partial charge in [0, 0.05) is 19.4 Å². The quantitative estimate of drug-likeness (QED) is 0.111. The van der Waals surface area contributed by atoms with Crippen LogP contribution in [0.1, 0.15) is 116 Å². The van der Waals surface area contributed by atoms with E-state index in [0.29, 0.717) is 17.5 Å². The van der Waals surface area contributed by atoms with Crippen LogP contribution in [0.25, 0.3) is 0 Å². The average Bonchev–Trinajstić information content (AvgIpc) is 3.02. The van der Waals surface area contributed by atoms with Crippen molar-refractivity contribution in [2.24, 2.45) is 5.73 Å². The van der Waals surface area contributed by atoms with Gasteiger partial charge in [-0.3, -0.25) is 14.4 Å². The number of nitrogens with zero attached hydrogens (tertiary/aromatic N) is 1. The van der Waals surface area contributed by atoms with E-state index >= 15 is 0 Å². The molecule has 282 valence electrons. The summed E-state index contributed by atoms with van der Waals surface area (Å²) in [6.45, 7) is 14.1. The molecule has 12 heteroatoms. The van der Waals surface area contributed by atoms with Crippen molar-refractivity contribution in [1.29, 1.82) is 0 Å². The summed E-state index contributed by atoms with van der Waals surface area (Å²) in [4.78, 5) is 69.0. The van der Waals surface area contributed by atoms with Crippen LogP contribution in [-0.2, 0) is 35.1 Å². The number of hydrogen-bond donors (Lipinski definition) is 4. The number of phenolic OH excluding ortho intramolecular Hbond substituents is 1. The Morgan fingerprint density at radius 1 is 0.843 bits per heavy atom. The number of esters is 1. The Labute approximate surface area is 302 Å². The molecule has 2 aromatic rings. The highest BCUT2D eigenvalue weighted by Crippen LogP contribution is 2.29. The van der Waals surface area contributed by atoms with Gasteiger partial charge in [-0.05, 0) is 90.1 Å². The van der Waals surface area contributed by atoms with Gasteiger partial charge in [-0.2, -0.15) is 0 Å². The van der Waals surface area contributed by atoms with Gasteiger partial charge in [0.2, 0.25) is 17.7 Å². The van der Waals surface area contributed by atoms with E-state index in [1.54, 1.807) is 60.6 Å². The number of carbonyl (C=O) groups excluding carboxylic acids is 5. The Bertz CT molecular complexity index is 1470. The second kappa shape index (κ2) is 19.7. The number of hydrogen-bond acceptors (Lipinski definition) is 8. The zero-order valence-corrected chi connectivity index (χ0v) is 31.5. The molecule has 4 amide bonds. The Hall–Kier alpha value is -4.61. The molecule has 0 aliphatic carbocycles. The van der Waals surface area contributed by atoms with Gasteiger partial charge < -0.3 is 35.8 Å². The van der Waals surface area contributed by atoms with Gasteiger partial charge in [-0.25, -0.2) is 9.59 Å². The molecular formula is C39H58N4O8. The minimum atomic E-state index is -1.31. The first-order chi connectivity index (χ1) is 23.8. The first-order valence-electron chi connectivity index (χ1n) is 17.8. The smallest absolute Gasteiger partial charge is 0.408 e. The van der Waals surface area contributed by atoms with E-state index in [-0.39, 0.29) is 31.6 Å². The highest BCUT2D eigenvalue weighted by atomic mass is 16.6. The van der Waals surface area contributed by atoms with Gasteiger partial charge in [0.15, 0.2) is 0 Å². The van der Waals surface area contributed by atoms with Crippen LogP contribution in [0.4, 0.5) is 4.79 Å². The van der Waals surface area contributed by atoms with Gasteiger partial charge in [-0.15, -0.1) is 0 Å². The monoisotopic (exact) mass is 710 g/mol. The molecule has 3 atom stereocenters. The van der Waals surface area contributed by atoms with E-state index in [1.807, 2.05) is 30.3 Å². The highest BCUT2D eigenvalue weighted by molar-refractivity contribution is 5.94. The Kier molecular flexibility index (Phi) is 16.4. The standard InChI is InChI=1S/C39H58N4O8/c1-9-10-11-12-16-23-43(35(47)29(20-22-32(40)45)42-37(49)51-39(6,7)8)33(28-19-21-31(44)26(2)24-28)34(46)41-30(36(48)50-38(3,4)5)25-27-17-14-13-15-18-27/h13-15,17-19,21,24,29-30,33,44H,9-12,16,20,22-23,25H2,1-8H3,(H2,40,45)(H,41,46)(H,42,49). The lowest BCUT2D eigenvalue weighted by Crippen LogP contribution is -2.55. The molecule has 51 heavy (non-hydrogen) atoms. The molecule has 3 unspecified atom stereocenters. The molecule has 0 heterocycles. The number of nitrogens with one attached hydrogen (secondary N) is 2. The third-order valence-electron chi connectivity index (χ3n) is 7.84. The molecule has 2 aromatic carbocycles. The second-order valence-electron chi connectivity index (χ2n) is 14.9. The second-order valence-corrected chi connectivity index (χ2v) is 14.9. The summed E-state index contributed by atoms with van der Waals surface area (Å²) < 4.78 is 11.1. The first kappa shape index (κ1) is 42.6. The summed E-state index contributed by atoms with van der Waals surface area (Å²) in [7, 11) is 0. The number of alkyl carbamates (subject to hydrolysis) is 1. The molecule has 0 bridgehead atoms. The number of nitrogens with two attached hydrogens (primary N) is 1. The number of ether oxygens (including phenoxy) is 2. The summed E-state index contributed by atoms with van der Waals surface area (Å²) in [6, 6.07) is 10.1. The van der Waals surface area contributed by atoms with Crippen molar-refractivity contribution in [2.75, 3.05) is 6.54 Å². The van der Waals surface area contributed by atoms with E-state index < -0.39 is 59.1 Å². The maximum atomic E-state index is 14.6. The normalized spacial score (nSPS) is 13.3. The minimum absolute atomic E-state index is 0.00279. The number of primary amides is 1. The van der Waals surface area contributed by atoms with Gasteiger partial charge >= 0.3 is 12.1 Å². The molecule has 0 fully saturated rings. The van der Waals surface area contributed by atoms with Gasteiger partial charge in [0.05, 0.1) is 0 Å². The van der Waals surface area contributed by atoms with E-state index in [2.05, 4.69) is 17.6 Å². The van der Waals surface area contributed by atoms with Crippen LogP contribution in [0.3, 0.4) is 0 Å². The number of aryl methyl sites for hydroxylation is 1. The van der Waals surface area contributed by atoms with Crippen LogP contribution in [-0.4, -0.2) is 69.6 Å². The third kappa shape index (κ3) is 15.4. The Balaban J connectivity index is 2.69. The molecule has 0 aliphatic heterocycles. The van der Waals surface area contributed by atoms with Crippen molar-refractivity contribution >= 4 is 29.8 Å². The van der Waals surface area contributed by atoms with E-state index in [9.17, 15) is 29.1 Å². The van der Waals surface area contributed by atoms with Crippen molar-refractivity contribution < 1.29 is 38.6 Å². The number of carbonyl (C=O) groups is 5. The summed E-state index contributed by atoms with van der Waals surface area (Å²) in [6.07, 6.45) is 3.09. The fraction of sp³-hybridized carbons (Fsp3) is 0.564. The number of benzene rings is 2. The number of amides is 4. The van der Waals surface area contributed by atoms with E-state index in [1.165, 1.54) is 11.0 Å². The van der Waals surface area contributed by atoms with Crippen molar-refractivity contribution in [3.8, 4) is 5.75 Å². The van der Waals surface area contributed by atoms with E-state index in [4.69, 9.17) is 15.2 Å². The third-order valence-corrected chi connectivity index (χ3v) is 7.84. The van der Waals surface area contributed by atoms with Crippen molar-refractivity contribution in [2.45, 2.75) is 136 Å². The number of rotatable bonds is 18. The van der Waals surface area contributed by atoms with Crippen LogP contribution in [0.2, 0.25) is 0 Å². The predicted octanol–water partition coefficient (Wildman–Crippen LogP) is 5.77. The predicted molar refractivity (Wildman–Crippen MR) is 196 cm³/mol. The molecule has 0 radical (unpaired) electrons. The number of aromatic hydroxyl groups is 1. The van der Waals surface area contributed by atoms with Crippen molar-refractivity contribution in [3.63, 3.8) is 0 Å². The molecule has 0 aromatic heterocycles. The molecule has 12 nitrogen and oxygen atoms in total. The molecule has 2 rings (SSSR count). The zero-order valence-electron chi connectivity index (χ0n) is 31.5. The maximum absolute atomic E-state index is 14.6. The summed E-state index contributed by atoms with van der Waals surface area (Å²) in [5.74, 6) is -2.63. The molecule has 0 aliphatic rings. The molecule has 0 saturated heterocycles. The maximum Gasteiger partial charge on any atom is 0.408 e. The van der Waals surface area contributed by atoms with Crippen LogP contribution < -0.4 is 16.4 Å². The minimum Gasteiger partial charge on any atom is -0.508 e. The number of phenols is 1. The molecule has 0 spiro atoms. The SMILES string of the molecule is CCCCCCCN(C(=O)C(CCC(N)=O)NC(=O)OC(C)(C)C)C(C(=O)NC(Cc1ccccc1)C(=O)OC(C)(C)C)c1ccc(O)c(C)c1. The summed E-state index contributed by atoms with van der Waals surface area (Å²) in [5, 5.41) is 15.8. The molecule has 5 N–H and O–H groups in total. The fourth-order valence-corrected chi connectivity index (χ4v) is 5.43. The fourth-order valence-electron chi connectivity index (χ4n) is 5.43. The zero-order chi connectivity index (χ0) is 38.4. The van der Waals surface area contributed by atoms with Crippen LogP contribution in [0.15, 0.2) is 48.5 Å². The average molecular weight is 711 g/mol. The van der Waals surface area contributed by atoms with Gasteiger partial charge in [0.25, 0.3) is 0 Å².